The van der Waals surface area contributed by atoms with Gasteiger partial charge < -0.3 is 19.9 Å². The molecule has 0 spiro atoms. The molecule has 1 rings (SSSR count). The Morgan fingerprint density at radius 3 is 2.25 bits per heavy atom. The number of rotatable bonds is 11. The normalized spacial score (nSPS) is 12.7. The Labute approximate surface area is 145 Å². The molecular formula is C19H31NO4. The van der Waals surface area contributed by atoms with Gasteiger partial charge in [0.2, 0.25) is 0 Å². The number of hydrogen-bond donors (Lipinski definition) is 2. The molecule has 0 saturated carbocycles. The van der Waals surface area contributed by atoms with Crippen LogP contribution >= 0.6 is 0 Å². The van der Waals surface area contributed by atoms with E-state index in [1.54, 1.807) is 14.2 Å². The van der Waals surface area contributed by atoms with Gasteiger partial charge in [-0.15, -0.1) is 0 Å². The van der Waals surface area contributed by atoms with Crippen molar-refractivity contribution in [1.82, 2.24) is 5.32 Å². The van der Waals surface area contributed by atoms with Crippen molar-refractivity contribution in [2.75, 3.05) is 20.8 Å². The number of ether oxygens (including phenoxy) is 2. The zero-order valence-corrected chi connectivity index (χ0v) is 15.5. The predicted octanol–water partition coefficient (Wildman–Crippen LogP) is 3.51. The average Bonchev–Trinajstić information content (AvgIpc) is 2.61. The van der Waals surface area contributed by atoms with Gasteiger partial charge in [-0.3, -0.25) is 4.79 Å². The lowest BCUT2D eigenvalue weighted by Crippen LogP contribution is -2.44. The standard InChI is InChI=1S/C19H31NO4/c1-6-15(20-13-19(7-2,8-3)18(21)22)11-14-9-10-16(23-4)17(12-14)24-5/h9-10,12,15,20H,6-8,11,13H2,1-5H3,(H,21,22). The molecule has 0 heterocycles. The summed E-state index contributed by atoms with van der Waals surface area (Å²) >= 11 is 0. The number of carboxylic acids is 1. The first-order chi connectivity index (χ1) is 11.5. The van der Waals surface area contributed by atoms with Crippen LogP contribution in [-0.4, -0.2) is 37.9 Å². The summed E-state index contributed by atoms with van der Waals surface area (Å²) in [4.78, 5) is 11.6. The van der Waals surface area contributed by atoms with Gasteiger partial charge in [-0.2, -0.15) is 0 Å². The maximum atomic E-state index is 11.6. The van der Waals surface area contributed by atoms with Gasteiger partial charge in [0.1, 0.15) is 0 Å². The lowest BCUT2D eigenvalue weighted by molar-refractivity contribution is -0.149. The van der Waals surface area contributed by atoms with E-state index in [4.69, 9.17) is 9.47 Å². The average molecular weight is 337 g/mol. The van der Waals surface area contributed by atoms with E-state index in [0.29, 0.717) is 30.9 Å². The van der Waals surface area contributed by atoms with Gasteiger partial charge in [-0.25, -0.2) is 0 Å². The molecular weight excluding hydrogens is 306 g/mol. The first-order valence-electron chi connectivity index (χ1n) is 8.63. The van der Waals surface area contributed by atoms with Gasteiger partial charge in [-0.05, 0) is 43.4 Å². The SMILES string of the molecule is CCC(Cc1ccc(OC)c(OC)c1)NCC(CC)(CC)C(=O)O. The molecule has 0 bridgehead atoms. The summed E-state index contributed by atoms with van der Waals surface area (Å²) in [5, 5.41) is 13.0. The fourth-order valence-corrected chi connectivity index (χ4v) is 2.87. The van der Waals surface area contributed by atoms with Crippen molar-refractivity contribution < 1.29 is 19.4 Å². The highest BCUT2D eigenvalue weighted by atomic mass is 16.5. The minimum Gasteiger partial charge on any atom is -0.493 e. The topological polar surface area (TPSA) is 67.8 Å². The van der Waals surface area contributed by atoms with Gasteiger partial charge >= 0.3 is 5.97 Å². The second kappa shape index (κ2) is 9.52. The van der Waals surface area contributed by atoms with Crippen LogP contribution in [-0.2, 0) is 11.2 Å². The molecule has 1 aromatic rings. The maximum Gasteiger partial charge on any atom is 0.310 e. The fourth-order valence-electron chi connectivity index (χ4n) is 2.87. The summed E-state index contributed by atoms with van der Waals surface area (Å²) in [5.74, 6) is 0.705. The molecule has 0 amide bonds. The highest BCUT2D eigenvalue weighted by Crippen LogP contribution is 2.29. The van der Waals surface area contributed by atoms with Crippen LogP contribution in [0.25, 0.3) is 0 Å². The first kappa shape index (κ1) is 20.3. The predicted molar refractivity (Wildman–Crippen MR) is 96.0 cm³/mol. The van der Waals surface area contributed by atoms with E-state index in [1.165, 1.54) is 0 Å². The minimum atomic E-state index is -0.721. The summed E-state index contributed by atoms with van der Waals surface area (Å²) in [6.07, 6.45) is 2.99. The number of aliphatic carboxylic acids is 1. The van der Waals surface area contributed by atoms with Crippen LogP contribution in [0.3, 0.4) is 0 Å². The van der Waals surface area contributed by atoms with Crippen molar-refractivity contribution in [2.45, 2.75) is 52.5 Å². The molecule has 5 nitrogen and oxygen atoms in total. The summed E-state index contributed by atoms with van der Waals surface area (Å²) in [6, 6.07) is 6.13. The number of carboxylic acid groups (broad SMARTS) is 1. The van der Waals surface area contributed by atoms with Crippen LogP contribution in [0.4, 0.5) is 0 Å². The van der Waals surface area contributed by atoms with Gasteiger partial charge in [0, 0.05) is 12.6 Å². The van der Waals surface area contributed by atoms with Gasteiger partial charge in [0.15, 0.2) is 11.5 Å². The first-order valence-corrected chi connectivity index (χ1v) is 8.63. The van der Waals surface area contributed by atoms with Crippen molar-refractivity contribution >= 4 is 5.97 Å². The Balaban J connectivity index is 2.79. The number of nitrogens with one attached hydrogen (secondary N) is 1. The van der Waals surface area contributed by atoms with Crippen molar-refractivity contribution in [3.8, 4) is 11.5 Å². The number of hydrogen-bond acceptors (Lipinski definition) is 4. The molecule has 0 saturated heterocycles. The number of methoxy groups -OCH3 is 2. The Morgan fingerprint density at radius 2 is 1.79 bits per heavy atom. The van der Waals surface area contributed by atoms with E-state index in [2.05, 4.69) is 12.2 Å². The summed E-state index contributed by atoms with van der Waals surface area (Å²) in [7, 11) is 3.25. The molecule has 136 valence electrons. The zero-order valence-electron chi connectivity index (χ0n) is 15.5. The molecule has 1 atom stereocenters. The third kappa shape index (κ3) is 4.87. The summed E-state index contributed by atoms with van der Waals surface area (Å²) < 4.78 is 10.6. The van der Waals surface area contributed by atoms with Crippen molar-refractivity contribution in [2.24, 2.45) is 5.41 Å². The third-order valence-corrected chi connectivity index (χ3v) is 4.96. The van der Waals surface area contributed by atoms with E-state index < -0.39 is 11.4 Å². The van der Waals surface area contributed by atoms with Gasteiger partial charge in [0.05, 0.1) is 19.6 Å². The zero-order chi connectivity index (χ0) is 18.2. The van der Waals surface area contributed by atoms with Crippen LogP contribution in [0.2, 0.25) is 0 Å². The summed E-state index contributed by atoms with van der Waals surface area (Å²) in [5.41, 5.74) is 0.450. The molecule has 0 aromatic heterocycles. The smallest absolute Gasteiger partial charge is 0.310 e. The number of carbonyl (C=O) groups is 1. The third-order valence-electron chi connectivity index (χ3n) is 4.96. The molecule has 5 heteroatoms. The Morgan fingerprint density at radius 1 is 1.17 bits per heavy atom. The molecule has 1 unspecified atom stereocenters. The van der Waals surface area contributed by atoms with E-state index in [1.807, 2.05) is 32.0 Å². The van der Waals surface area contributed by atoms with E-state index in [9.17, 15) is 9.90 Å². The monoisotopic (exact) mass is 337 g/mol. The molecule has 0 aliphatic carbocycles. The highest BCUT2D eigenvalue weighted by molar-refractivity contribution is 5.74. The van der Waals surface area contributed by atoms with Crippen LogP contribution in [0.1, 0.15) is 45.6 Å². The highest BCUT2D eigenvalue weighted by Gasteiger charge is 2.34. The van der Waals surface area contributed by atoms with Crippen LogP contribution in [0, 0.1) is 5.41 Å². The minimum absolute atomic E-state index is 0.222. The largest absolute Gasteiger partial charge is 0.493 e. The van der Waals surface area contributed by atoms with Crippen molar-refractivity contribution in [1.29, 1.82) is 0 Å². The summed E-state index contributed by atoms with van der Waals surface area (Å²) in [6.45, 7) is 6.48. The van der Waals surface area contributed by atoms with Crippen LogP contribution in [0.15, 0.2) is 18.2 Å². The Hall–Kier alpha value is -1.75. The Kier molecular flexibility index (Phi) is 8.05. The van der Waals surface area contributed by atoms with E-state index >= 15 is 0 Å². The van der Waals surface area contributed by atoms with Crippen molar-refractivity contribution in [3.63, 3.8) is 0 Å². The van der Waals surface area contributed by atoms with E-state index in [0.717, 1.165) is 18.4 Å². The molecule has 0 radical (unpaired) electrons. The van der Waals surface area contributed by atoms with Crippen molar-refractivity contribution in [3.05, 3.63) is 23.8 Å². The Bertz CT molecular complexity index is 526. The van der Waals surface area contributed by atoms with Crippen LogP contribution in [0.5, 0.6) is 11.5 Å². The van der Waals surface area contributed by atoms with E-state index in [-0.39, 0.29) is 6.04 Å². The van der Waals surface area contributed by atoms with Crippen LogP contribution < -0.4 is 14.8 Å². The molecule has 2 N–H and O–H groups in total. The van der Waals surface area contributed by atoms with Gasteiger partial charge in [0.25, 0.3) is 0 Å². The second-order valence-corrected chi connectivity index (χ2v) is 6.17. The number of benzene rings is 1. The van der Waals surface area contributed by atoms with Gasteiger partial charge in [-0.1, -0.05) is 26.8 Å². The lowest BCUT2D eigenvalue weighted by atomic mass is 9.82. The maximum absolute atomic E-state index is 11.6. The molecule has 24 heavy (non-hydrogen) atoms. The lowest BCUT2D eigenvalue weighted by Gasteiger charge is -2.29. The second-order valence-electron chi connectivity index (χ2n) is 6.17. The quantitative estimate of drug-likeness (QED) is 0.647. The molecule has 1 aromatic carbocycles. The molecule has 0 aliphatic rings. The molecule has 0 fully saturated rings. The molecule has 0 aliphatic heterocycles. The fraction of sp³-hybridized carbons (Fsp3) is 0.632.